The molecule has 7 nitrogen and oxygen atoms in total. The molecule has 1 saturated heterocycles. The minimum atomic E-state index is -0.0339. The fourth-order valence-corrected chi connectivity index (χ4v) is 3.38. The summed E-state index contributed by atoms with van der Waals surface area (Å²) in [7, 11) is 0. The quantitative estimate of drug-likeness (QED) is 0.798. The molecular weight excluding hydrogens is 372 g/mol. The summed E-state index contributed by atoms with van der Waals surface area (Å²) >= 11 is 3.35. The van der Waals surface area contributed by atoms with Gasteiger partial charge in [0.2, 0.25) is 0 Å². The Hall–Kier alpha value is -1.80. The lowest BCUT2D eigenvalue weighted by Gasteiger charge is -2.21. The molecule has 0 atom stereocenters. The van der Waals surface area contributed by atoms with Gasteiger partial charge >= 0.3 is 0 Å². The zero-order valence-electron chi connectivity index (χ0n) is 13.3. The normalized spacial score (nSPS) is 19.3. The van der Waals surface area contributed by atoms with Crippen molar-refractivity contribution in [2.45, 2.75) is 25.3 Å². The monoisotopic (exact) mass is 390 g/mol. The number of rotatable bonds is 3. The van der Waals surface area contributed by atoms with E-state index in [1.54, 1.807) is 29.2 Å². The summed E-state index contributed by atoms with van der Waals surface area (Å²) in [6.07, 6.45) is 7.13. The largest absolute Gasteiger partial charge is 0.336 e. The highest BCUT2D eigenvalue weighted by molar-refractivity contribution is 9.10. The van der Waals surface area contributed by atoms with Crippen molar-refractivity contribution in [3.63, 3.8) is 0 Å². The van der Waals surface area contributed by atoms with E-state index in [4.69, 9.17) is 0 Å². The molecule has 4 rings (SSSR count). The second kappa shape index (κ2) is 6.60. The number of carbonyl (C=O) groups is 1. The Morgan fingerprint density at radius 3 is 2.67 bits per heavy atom. The molecular formula is C16H19BrN6O. The van der Waals surface area contributed by atoms with Crippen LogP contribution in [0.5, 0.6) is 0 Å². The predicted molar refractivity (Wildman–Crippen MR) is 92.0 cm³/mol. The van der Waals surface area contributed by atoms with Gasteiger partial charge in [0.05, 0.1) is 10.7 Å². The Balaban J connectivity index is 1.43. The van der Waals surface area contributed by atoms with Crippen molar-refractivity contribution < 1.29 is 4.79 Å². The van der Waals surface area contributed by atoms with Gasteiger partial charge in [-0.25, -0.2) is 4.68 Å². The molecule has 0 unspecified atom stereocenters. The van der Waals surface area contributed by atoms with Crippen LogP contribution in [0, 0.1) is 0 Å². The maximum atomic E-state index is 12.7. The first-order valence-corrected chi connectivity index (χ1v) is 9.07. The van der Waals surface area contributed by atoms with Crippen LogP contribution in [0.1, 0.15) is 29.8 Å². The number of amides is 1. The van der Waals surface area contributed by atoms with Crippen LogP contribution in [0.4, 0.5) is 0 Å². The summed E-state index contributed by atoms with van der Waals surface area (Å²) in [6.45, 7) is 3.61. The van der Waals surface area contributed by atoms with Crippen LogP contribution >= 0.6 is 15.9 Å². The lowest BCUT2D eigenvalue weighted by Crippen LogP contribution is -2.36. The third kappa shape index (κ3) is 3.34. The SMILES string of the molecule is O=C(c1ccc(-n2cc(Br)cn2)nn1)N1CCCN(C2CC2)CC1. The third-order valence-electron chi connectivity index (χ3n) is 4.54. The number of nitrogens with zero attached hydrogens (tertiary/aromatic N) is 6. The fraction of sp³-hybridized carbons (Fsp3) is 0.500. The van der Waals surface area contributed by atoms with Crippen molar-refractivity contribution in [2.24, 2.45) is 0 Å². The molecule has 0 spiro atoms. The Labute approximate surface area is 148 Å². The third-order valence-corrected chi connectivity index (χ3v) is 4.95. The van der Waals surface area contributed by atoms with Crippen LogP contribution in [-0.2, 0) is 0 Å². The van der Waals surface area contributed by atoms with Gasteiger partial charge in [0, 0.05) is 38.4 Å². The van der Waals surface area contributed by atoms with Gasteiger partial charge in [0.1, 0.15) is 0 Å². The van der Waals surface area contributed by atoms with E-state index in [2.05, 4.69) is 36.1 Å². The molecule has 8 heteroatoms. The Bertz CT molecular complexity index is 726. The number of carbonyl (C=O) groups excluding carboxylic acids is 1. The highest BCUT2D eigenvalue weighted by Crippen LogP contribution is 2.27. The molecule has 0 aromatic carbocycles. The molecule has 24 heavy (non-hydrogen) atoms. The Morgan fingerprint density at radius 2 is 2.00 bits per heavy atom. The highest BCUT2D eigenvalue weighted by Gasteiger charge is 2.31. The Kier molecular flexibility index (Phi) is 4.32. The van der Waals surface area contributed by atoms with Gasteiger partial charge in [0.25, 0.3) is 5.91 Å². The van der Waals surface area contributed by atoms with Crippen molar-refractivity contribution in [2.75, 3.05) is 26.2 Å². The molecule has 126 valence electrons. The van der Waals surface area contributed by atoms with E-state index < -0.39 is 0 Å². The van der Waals surface area contributed by atoms with Gasteiger partial charge in [-0.15, -0.1) is 10.2 Å². The topological polar surface area (TPSA) is 67.2 Å². The molecule has 3 heterocycles. The standard InChI is InChI=1S/C16H19BrN6O/c17-12-10-18-23(11-12)15-5-4-14(19-20-15)16(24)22-7-1-6-21(8-9-22)13-2-3-13/h4-5,10-11,13H,1-3,6-9H2. The molecule has 2 aromatic heterocycles. The summed E-state index contributed by atoms with van der Waals surface area (Å²) < 4.78 is 2.49. The first-order valence-electron chi connectivity index (χ1n) is 8.28. The smallest absolute Gasteiger partial charge is 0.274 e. The van der Waals surface area contributed by atoms with E-state index in [0.29, 0.717) is 11.5 Å². The zero-order chi connectivity index (χ0) is 16.5. The van der Waals surface area contributed by atoms with Gasteiger partial charge in [-0.2, -0.15) is 5.10 Å². The maximum absolute atomic E-state index is 12.7. The van der Waals surface area contributed by atoms with Crippen molar-refractivity contribution in [1.29, 1.82) is 0 Å². The van der Waals surface area contributed by atoms with Crippen molar-refractivity contribution in [3.8, 4) is 5.82 Å². The summed E-state index contributed by atoms with van der Waals surface area (Å²) in [5, 5.41) is 12.4. The average Bonchev–Trinajstić information content (AvgIpc) is 3.39. The molecule has 1 aliphatic carbocycles. The van der Waals surface area contributed by atoms with Gasteiger partial charge in [-0.05, 0) is 47.3 Å². The molecule has 1 amide bonds. The van der Waals surface area contributed by atoms with E-state index in [9.17, 15) is 4.79 Å². The second-order valence-corrected chi connectivity index (χ2v) is 7.21. The van der Waals surface area contributed by atoms with E-state index in [-0.39, 0.29) is 5.91 Å². The van der Waals surface area contributed by atoms with Gasteiger partial charge < -0.3 is 4.90 Å². The molecule has 2 aliphatic rings. The van der Waals surface area contributed by atoms with Crippen LogP contribution in [0.25, 0.3) is 5.82 Å². The van der Waals surface area contributed by atoms with Crippen molar-refractivity contribution >= 4 is 21.8 Å². The molecule has 1 aliphatic heterocycles. The predicted octanol–water partition coefficient (Wildman–Crippen LogP) is 1.74. The van der Waals surface area contributed by atoms with E-state index in [0.717, 1.165) is 43.1 Å². The molecule has 2 fully saturated rings. The molecule has 2 aromatic rings. The van der Waals surface area contributed by atoms with Gasteiger partial charge in [-0.1, -0.05) is 0 Å². The Morgan fingerprint density at radius 1 is 1.12 bits per heavy atom. The first-order chi connectivity index (χ1) is 11.7. The van der Waals surface area contributed by atoms with E-state index >= 15 is 0 Å². The number of hydrogen-bond donors (Lipinski definition) is 0. The summed E-state index contributed by atoms with van der Waals surface area (Å²) in [4.78, 5) is 17.1. The first kappa shape index (κ1) is 15.7. The lowest BCUT2D eigenvalue weighted by atomic mass is 10.3. The summed E-state index contributed by atoms with van der Waals surface area (Å²) in [5.74, 6) is 0.557. The molecule has 0 radical (unpaired) electrons. The van der Waals surface area contributed by atoms with Crippen LogP contribution in [-0.4, -0.2) is 67.9 Å². The van der Waals surface area contributed by atoms with Crippen molar-refractivity contribution in [3.05, 3.63) is 34.7 Å². The average molecular weight is 391 g/mol. The molecule has 1 saturated carbocycles. The summed E-state index contributed by atoms with van der Waals surface area (Å²) in [6, 6.07) is 4.25. The van der Waals surface area contributed by atoms with Gasteiger partial charge in [-0.3, -0.25) is 9.69 Å². The van der Waals surface area contributed by atoms with Gasteiger partial charge in [0.15, 0.2) is 11.5 Å². The minimum absolute atomic E-state index is 0.0339. The van der Waals surface area contributed by atoms with Crippen LogP contribution in [0.15, 0.2) is 29.0 Å². The number of hydrogen-bond acceptors (Lipinski definition) is 5. The fourth-order valence-electron chi connectivity index (χ4n) is 3.09. The van der Waals surface area contributed by atoms with Crippen LogP contribution < -0.4 is 0 Å². The van der Waals surface area contributed by atoms with Crippen LogP contribution in [0.3, 0.4) is 0 Å². The molecule has 0 N–H and O–H groups in total. The summed E-state index contributed by atoms with van der Waals surface area (Å²) in [5.41, 5.74) is 0.393. The minimum Gasteiger partial charge on any atom is -0.336 e. The lowest BCUT2D eigenvalue weighted by molar-refractivity contribution is 0.0754. The zero-order valence-corrected chi connectivity index (χ0v) is 14.9. The maximum Gasteiger partial charge on any atom is 0.274 e. The molecule has 0 bridgehead atoms. The highest BCUT2D eigenvalue weighted by atomic mass is 79.9. The number of halogens is 1. The van der Waals surface area contributed by atoms with E-state index in [1.807, 2.05) is 4.90 Å². The van der Waals surface area contributed by atoms with Crippen molar-refractivity contribution in [1.82, 2.24) is 29.8 Å². The second-order valence-electron chi connectivity index (χ2n) is 6.29. The number of aromatic nitrogens is 4. The van der Waals surface area contributed by atoms with E-state index in [1.165, 1.54) is 12.8 Å². The van der Waals surface area contributed by atoms with Crippen LogP contribution in [0.2, 0.25) is 0 Å².